The zero-order valence-corrected chi connectivity index (χ0v) is 8.56. The quantitative estimate of drug-likeness (QED) is 0.626. The molecule has 0 fully saturated rings. The van der Waals surface area contributed by atoms with E-state index in [4.69, 9.17) is 11.6 Å². The Balaban J connectivity index is 2.56. The van der Waals surface area contributed by atoms with Gasteiger partial charge in [-0.2, -0.15) is 0 Å². The number of carbonyl (C=O) groups excluding carboxylic acids is 1. The van der Waals surface area contributed by atoms with Crippen LogP contribution in [0.5, 0.6) is 0 Å². The number of hydrogen-bond acceptors (Lipinski definition) is 1. The number of Topliss-reactive ketones (excluding diaryl/α,β-unsaturated/α-hetero) is 1. The molecule has 70 valence electrons. The molecular weight excluding hydrogens is 186 g/mol. The summed E-state index contributed by atoms with van der Waals surface area (Å²) in [5.41, 5.74) is 1.86. The minimum atomic E-state index is 0.158. The molecule has 3 heteroatoms. The normalized spacial score (nSPS) is 21.8. The lowest BCUT2D eigenvalue weighted by molar-refractivity contribution is 0.0914. The first-order valence-corrected chi connectivity index (χ1v) is 4.87. The number of hydrogen-bond donors (Lipinski definition) is 0. The zero-order valence-electron chi connectivity index (χ0n) is 7.80. The Hall–Kier alpha value is -0.760. The molecule has 0 saturated carbocycles. The van der Waals surface area contributed by atoms with Crippen LogP contribution in [0.15, 0.2) is 6.20 Å². The van der Waals surface area contributed by atoms with Crippen LogP contribution in [0.2, 0.25) is 5.15 Å². The monoisotopic (exact) mass is 197 g/mol. The highest BCUT2D eigenvalue weighted by atomic mass is 35.5. The standard InChI is InChI=1S/C10H12ClNO/c1-6-3-4-7-8(9(6)13)5-12(2)10(7)11/h5-6H,3-4H2,1-2H3. The van der Waals surface area contributed by atoms with Crippen molar-refractivity contribution in [2.75, 3.05) is 0 Å². The third kappa shape index (κ3) is 1.20. The number of aromatic nitrogens is 1. The molecule has 2 rings (SSSR count). The van der Waals surface area contributed by atoms with Gasteiger partial charge in [0.1, 0.15) is 5.15 Å². The molecule has 1 aliphatic carbocycles. The number of aryl methyl sites for hydroxylation is 1. The SMILES string of the molecule is CC1CCc2c(cn(C)c2Cl)C1=O. The number of halogens is 1. The van der Waals surface area contributed by atoms with Gasteiger partial charge in [-0.25, -0.2) is 0 Å². The molecule has 0 bridgehead atoms. The minimum Gasteiger partial charge on any atom is -0.341 e. The Bertz CT molecular complexity index is 367. The van der Waals surface area contributed by atoms with Gasteiger partial charge in [0.2, 0.25) is 0 Å². The summed E-state index contributed by atoms with van der Waals surface area (Å²) in [5.74, 6) is 0.398. The predicted molar refractivity (Wildman–Crippen MR) is 52.2 cm³/mol. The number of fused-ring (bicyclic) bond motifs is 1. The van der Waals surface area contributed by atoms with E-state index >= 15 is 0 Å². The van der Waals surface area contributed by atoms with Crippen LogP contribution in [0, 0.1) is 5.92 Å². The van der Waals surface area contributed by atoms with Gasteiger partial charge in [0.25, 0.3) is 0 Å². The van der Waals surface area contributed by atoms with E-state index in [9.17, 15) is 4.79 Å². The van der Waals surface area contributed by atoms with Gasteiger partial charge in [-0.15, -0.1) is 0 Å². The summed E-state index contributed by atoms with van der Waals surface area (Å²) in [6.07, 6.45) is 3.70. The Morgan fingerprint density at radius 1 is 1.62 bits per heavy atom. The van der Waals surface area contributed by atoms with Crippen molar-refractivity contribution in [2.45, 2.75) is 19.8 Å². The molecular formula is C10H12ClNO. The van der Waals surface area contributed by atoms with Crippen molar-refractivity contribution in [1.29, 1.82) is 0 Å². The fourth-order valence-electron chi connectivity index (χ4n) is 1.86. The first-order chi connectivity index (χ1) is 6.11. The maximum absolute atomic E-state index is 11.7. The molecule has 2 nitrogen and oxygen atoms in total. The number of carbonyl (C=O) groups is 1. The van der Waals surface area contributed by atoms with Crippen molar-refractivity contribution < 1.29 is 4.79 Å². The molecule has 0 radical (unpaired) electrons. The molecule has 0 saturated heterocycles. The van der Waals surface area contributed by atoms with Crippen LogP contribution in [-0.2, 0) is 13.5 Å². The third-order valence-corrected chi connectivity index (χ3v) is 3.24. The van der Waals surface area contributed by atoms with Gasteiger partial charge in [-0.1, -0.05) is 18.5 Å². The van der Waals surface area contributed by atoms with E-state index < -0.39 is 0 Å². The van der Waals surface area contributed by atoms with Crippen LogP contribution < -0.4 is 0 Å². The lowest BCUT2D eigenvalue weighted by Crippen LogP contribution is -2.18. The molecule has 1 atom stereocenters. The van der Waals surface area contributed by atoms with E-state index in [1.54, 1.807) is 0 Å². The third-order valence-electron chi connectivity index (χ3n) is 2.75. The molecule has 0 aromatic carbocycles. The maximum Gasteiger partial charge on any atom is 0.167 e. The Morgan fingerprint density at radius 2 is 2.31 bits per heavy atom. The van der Waals surface area contributed by atoms with Crippen molar-refractivity contribution in [3.8, 4) is 0 Å². The highest BCUT2D eigenvalue weighted by Gasteiger charge is 2.27. The van der Waals surface area contributed by atoms with E-state index in [0.29, 0.717) is 0 Å². The highest BCUT2D eigenvalue weighted by Crippen LogP contribution is 2.31. The van der Waals surface area contributed by atoms with Gasteiger partial charge in [0.05, 0.1) is 0 Å². The van der Waals surface area contributed by atoms with Gasteiger partial charge in [-0.3, -0.25) is 4.79 Å². The van der Waals surface area contributed by atoms with Crippen molar-refractivity contribution in [2.24, 2.45) is 13.0 Å². The van der Waals surface area contributed by atoms with Crippen molar-refractivity contribution >= 4 is 17.4 Å². The van der Waals surface area contributed by atoms with E-state index in [2.05, 4.69) is 0 Å². The largest absolute Gasteiger partial charge is 0.341 e. The summed E-state index contributed by atoms with van der Waals surface area (Å²) in [7, 11) is 1.87. The molecule has 1 aromatic heterocycles. The minimum absolute atomic E-state index is 0.158. The van der Waals surface area contributed by atoms with Crippen LogP contribution in [0.4, 0.5) is 0 Å². The summed E-state index contributed by atoms with van der Waals surface area (Å²) in [4.78, 5) is 11.7. The first kappa shape index (κ1) is 8.82. The first-order valence-electron chi connectivity index (χ1n) is 4.49. The smallest absolute Gasteiger partial charge is 0.167 e. The average molecular weight is 198 g/mol. The average Bonchev–Trinajstić information content (AvgIpc) is 2.38. The number of ketones is 1. The molecule has 0 amide bonds. The van der Waals surface area contributed by atoms with E-state index in [1.165, 1.54) is 0 Å². The van der Waals surface area contributed by atoms with Gasteiger partial charge >= 0.3 is 0 Å². The zero-order chi connectivity index (χ0) is 9.59. The molecule has 0 N–H and O–H groups in total. The summed E-state index contributed by atoms with van der Waals surface area (Å²) in [5, 5.41) is 0.718. The topological polar surface area (TPSA) is 22.0 Å². The molecule has 1 aromatic rings. The molecule has 1 unspecified atom stereocenters. The summed E-state index contributed by atoms with van der Waals surface area (Å²) >= 11 is 6.05. The number of nitrogens with zero attached hydrogens (tertiary/aromatic N) is 1. The van der Waals surface area contributed by atoms with E-state index in [-0.39, 0.29) is 11.7 Å². The summed E-state index contributed by atoms with van der Waals surface area (Å²) < 4.78 is 1.82. The van der Waals surface area contributed by atoms with Crippen LogP contribution in [0.25, 0.3) is 0 Å². The Morgan fingerprint density at radius 3 is 3.00 bits per heavy atom. The molecule has 0 aliphatic heterocycles. The van der Waals surface area contributed by atoms with Crippen molar-refractivity contribution in [3.05, 3.63) is 22.5 Å². The van der Waals surface area contributed by atoms with E-state index in [0.717, 1.165) is 29.1 Å². The fraction of sp³-hybridized carbons (Fsp3) is 0.500. The predicted octanol–water partition coefficient (Wildman–Crippen LogP) is 2.44. The van der Waals surface area contributed by atoms with E-state index in [1.807, 2.05) is 24.7 Å². The van der Waals surface area contributed by atoms with Gasteiger partial charge < -0.3 is 4.57 Å². The van der Waals surface area contributed by atoms with Crippen LogP contribution in [0.1, 0.15) is 29.3 Å². The van der Waals surface area contributed by atoms with Crippen LogP contribution in [-0.4, -0.2) is 10.4 Å². The van der Waals surface area contributed by atoms with Gasteiger partial charge in [0.15, 0.2) is 5.78 Å². The lowest BCUT2D eigenvalue weighted by Gasteiger charge is -2.16. The highest BCUT2D eigenvalue weighted by molar-refractivity contribution is 6.31. The lowest BCUT2D eigenvalue weighted by atomic mass is 9.86. The second-order valence-corrected chi connectivity index (χ2v) is 4.09. The molecule has 1 heterocycles. The van der Waals surface area contributed by atoms with Crippen LogP contribution >= 0.6 is 11.6 Å². The Labute approximate surface area is 82.5 Å². The summed E-state index contributed by atoms with van der Waals surface area (Å²) in [6.45, 7) is 1.98. The Kier molecular flexibility index (Phi) is 1.95. The number of rotatable bonds is 0. The van der Waals surface area contributed by atoms with Crippen molar-refractivity contribution in [1.82, 2.24) is 4.57 Å². The van der Waals surface area contributed by atoms with Crippen molar-refractivity contribution in [3.63, 3.8) is 0 Å². The molecule has 0 spiro atoms. The molecule has 13 heavy (non-hydrogen) atoms. The maximum atomic E-state index is 11.7. The summed E-state index contributed by atoms with van der Waals surface area (Å²) in [6, 6.07) is 0. The second kappa shape index (κ2) is 2.88. The van der Waals surface area contributed by atoms with Crippen LogP contribution in [0.3, 0.4) is 0 Å². The fourth-order valence-corrected chi connectivity index (χ4v) is 2.10. The van der Waals surface area contributed by atoms with Gasteiger partial charge in [0, 0.05) is 24.7 Å². The van der Waals surface area contributed by atoms with Gasteiger partial charge in [-0.05, 0) is 18.4 Å². The second-order valence-electron chi connectivity index (χ2n) is 3.73. The molecule has 1 aliphatic rings.